The molecule has 0 radical (unpaired) electrons. The maximum atomic E-state index is 5.87. The molecule has 0 spiro atoms. The molecule has 0 aliphatic carbocycles. The van der Waals surface area contributed by atoms with Crippen LogP contribution in [0, 0.1) is 0 Å². The van der Waals surface area contributed by atoms with Crippen LogP contribution < -0.4 is 4.74 Å². The normalized spacial score (nSPS) is 10.4. The van der Waals surface area contributed by atoms with E-state index in [1.165, 1.54) is 5.56 Å². The average Bonchev–Trinajstić information content (AvgIpc) is 2.31. The molecule has 0 aliphatic heterocycles. The van der Waals surface area contributed by atoms with Crippen molar-refractivity contribution in [2.75, 3.05) is 0 Å². The maximum Gasteiger partial charge on any atom is 0.130 e. The summed E-state index contributed by atoms with van der Waals surface area (Å²) in [5, 5.41) is 0. The van der Waals surface area contributed by atoms with E-state index in [-0.39, 0.29) is 0 Å². The first-order valence-corrected chi connectivity index (χ1v) is 5.59. The minimum atomic E-state index is 0.472. The van der Waals surface area contributed by atoms with Crippen molar-refractivity contribution in [2.45, 2.75) is 19.8 Å². The van der Waals surface area contributed by atoms with Gasteiger partial charge in [0.25, 0.3) is 0 Å². The van der Waals surface area contributed by atoms with Crippen molar-refractivity contribution in [3.63, 3.8) is 0 Å². The van der Waals surface area contributed by atoms with Gasteiger partial charge in [-0.15, -0.1) is 0 Å². The highest BCUT2D eigenvalue weighted by Crippen LogP contribution is 2.29. The van der Waals surface area contributed by atoms with Crippen LogP contribution in [0.5, 0.6) is 11.5 Å². The molecule has 2 rings (SSSR count). The summed E-state index contributed by atoms with van der Waals surface area (Å²) in [5.74, 6) is 2.30. The van der Waals surface area contributed by atoms with E-state index in [0.29, 0.717) is 5.92 Å². The van der Waals surface area contributed by atoms with Crippen LogP contribution in [-0.2, 0) is 0 Å². The highest BCUT2D eigenvalue weighted by atomic mass is 16.5. The van der Waals surface area contributed by atoms with Gasteiger partial charge in [0.15, 0.2) is 0 Å². The predicted octanol–water partition coefficient (Wildman–Crippen LogP) is 4.60. The van der Waals surface area contributed by atoms with Crippen molar-refractivity contribution in [3.8, 4) is 11.5 Å². The van der Waals surface area contributed by atoms with Crippen LogP contribution in [0.15, 0.2) is 54.6 Å². The first-order chi connectivity index (χ1) is 7.77. The van der Waals surface area contributed by atoms with Crippen LogP contribution in [0.1, 0.15) is 25.3 Å². The summed E-state index contributed by atoms with van der Waals surface area (Å²) in [4.78, 5) is 0. The summed E-state index contributed by atoms with van der Waals surface area (Å²) in [6.07, 6.45) is 0. The molecule has 1 heteroatoms. The van der Waals surface area contributed by atoms with Gasteiger partial charge in [-0.3, -0.25) is 0 Å². The third-order valence-electron chi connectivity index (χ3n) is 2.51. The summed E-state index contributed by atoms with van der Waals surface area (Å²) in [6, 6.07) is 18.1. The molecular weight excluding hydrogens is 196 g/mol. The molecule has 0 unspecified atom stereocenters. The van der Waals surface area contributed by atoms with E-state index in [4.69, 9.17) is 4.74 Å². The highest BCUT2D eigenvalue weighted by molar-refractivity contribution is 5.39. The van der Waals surface area contributed by atoms with E-state index < -0.39 is 0 Å². The van der Waals surface area contributed by atoms with Crippen LogP contribution in [0.4, 0.5) is 0 Å². The molecule has 0 N–H and O–H groups in total. The van der Waals surface area contributed by atoms with Gasteiger partial charge in [-0.2, -0.15) is 0 Å². The van der Waals surface area contributed by atoms with Gasteiger partial charge < -0.3 is 4.74 Å². The molecule has 0 fully saturated rings. The van der Waals surface area contributed by atoms with E-state index in [9.17, 15) is 0 Å². The lowest BCUT2D eigenvalue weighted by atomic mass is 10.0. The van der Waals surface area contributed by atoms with Gasteiger partial charge in [-0.05, 0) is 29.7 Å². The molecule has 0 bridgehead atoms. The zero-order chi connectivity index (χ0) is 11.4. The van der Waals surface area contributed by atoms with Crippen LogP contribution in [0.2, 0.25) is 0 Å². The smallest absolute Gasteiger partial charge is 0.130 e. The second-order valence-corrected chi connectivity index (χ2v) is 4.11. The van der Waals surface area contributed by atoms with Crippen LogP contribution >= 0.6 is 0 Å². The van der Waals surface area contributed by atoms with Crippen molar-refractivity contribution in [1.82, 2.24) is 0 Å². The topological polar surface area (TPSA) is 9.23 Å². The zero-order valence-electron chi connectivity index (χ0n) is 9.68. The Bertz CT molecular complexity index is 446. The monoisotopic (exact) mass is 212 g/mol. The molecule has 0 amide bonds. The van der Waals surface area contributed by atoms with Gasteiger partial charge in [0, 0.05) is 0 Å². The fourth-order valence-electron chi connectivity index (χ4n) is 1.67. The molecule has 82 valence electrons. The molecule has 0 aromatic heterocycles. The second-order valence-electron chi connectivity index (χ2n) is 4.11. The van der Waals surface area contributed by atoms with Crippen molar-refractivity contribution in [3.05, 3.63) is 60.2 Å². The lowest BCUT2D eigenvalue weighted by molar-refractivity contribution is 0.473. The van der Waals surface area contributed by atoms with Crippen molar-refractivity contribution in [1.29, 1.82) is 0 Å². The number of para-hydroxylation sites is 2. The number of hydrogen-bond acceptors (Lipinski definition) is 1. The largest absolute Gasteiger partial charge is 0.457 e. The Hall–Kier alpha value is -1.76. The van der Waals surface area contributed by atoms with Gasteiger partial charge in [-0.1, -0.05) is 50.2 Å². The minimum absolute atomic E-state index is 0.472. The quantitative estimate of drug-likeness (QED) is 0.722. The molecule has 0 aliphatic rings. The Morgan fingerprint density at radius 1 is 0.812 bits per heavy atom. The standard InChI is InChI=1S/C15H16O/c1-12(2)14-10-6-7-11-15(14)16-13-8-4-3-5-9-13/h3-12H,1-2H3. The third kappa shape index (κ3) is 2.43. The van der Waals surface area contributed by atoms with E-state index in [2.05, 4.69) is 19.9 Å². The van der Waals surface area contributed by atoms with E-state index in [1.807, 2.05) is 48.5 Å². The van der Waals surface area contributed by atoms with Gasteiger partial charge in [0.2, 0.25) is 0 Å². The Labute approximate surface area is 96.7 Å². The van der Waals surface area contributed by atoms with Crippen LogP contribution in [-0.4, -0.2) is 0 Å². The first-order valence-electron chi connectivity index (χ1n) is 5.59. The average molecular weight is 212 g/mol. The lowest BCUT2D eigenvalue weighted by Gasteiger charge is -2.13. The Morgan fingerprint density at radius 3 is 2.12 bits per heavy atom. The molecule has 0 atom stereocenters. The molecule has 2 aromatic rings. The van der Waals surface area contributed by atoms with Gasteiger partial charge in [0.05, 0.1) is 0 Å². The molecule has 0 saturated carbocycles. The van der Waals surface area contributed by atoms with Crippen LogP contribution in [0.25, 0.3) is 0 Å². The van der Waals surface area contributed by atoms with Gasteiger partial charge in [-0.25, -0.2) is 0 Å². The number of benzene rings is 2. The van der Waals surface area contributed by atoms with Crippen LogP contribution in [0.3, 0.4) is 0 Å². The van der Waals surface area contributed by atoms with Crippen molar-refractivity contribution in [2.24, 2.45) is 0 Å². The van der Waals surface area contributed by atoms with E-state index in [1.54, 1.807) is 0 Å². The predicted molar refractivity (Wildman–Crippen MR) is 67.0 cm³/mol. The van der Waals surface area contributed by atoms with Gasteiger partial charge in [0.1, 0.15) is 11.5 Å². The SMILES string of the molecule is CC(C)c1ccccc1Oc1ccccc1. The molecule has 0 heterocycles. The summed E-state index contributed by atoms with van der Waals surface area (Å²) in [6.45, 7) is 4.35. The number of rotatable bonds is 3. The maximum absolute atomic E-state index is 5.87. The summed E-state index contributed by atoms with van der Waals surface area (Å²) in [5.41, 5.74) is 1.24. The lowest BCUT2D eigenvalue weighted by Crippen LogP contribution is -1.93. The molecule has 16 heavy (non-hydrogen) atoms. The van der Waals surface area contributed by atoms with E-state index >= 15 is 0 Å². The van der Waals surface area contributed by atoms with Crippen molar-refractivity contribution < 1.29 is 4.74 Å². The Kier molecular flexibility index (Phi) is 3.25. The second kappa shape index (κ2) is 4.84. The van der Waals surface area contributed by atoms with E-state index in [0.717, 1.165) is 11.5 Å². The fourth-order valence-corrected chi connectivity index (χ4v) is 1.67. The van der Waals surface area contributed by atoms with Gasteiger partial charge >= 0.3 is 0 Å². The fraction of sp³-hybridized carbons (Fsp3) is 0.200. The number of hydrogen-bond donors (Lipinski definition) is 0. The highest BCUT2D eigenvalue weighted by Gasteiger charge is 2.07. The number of ether oxygens (including phenoxy) is 1. The molecular formula is C15H16O. The first kappa shape index (κ1) is 10.7. The summed E-state index contributed by atoms with van der Waals surface area (Å²) >= 11 is 0. The van der Waals surface area contributed by atoms with Crippen molar-refractivity contribution >= 4 is 0 Å². The third-order valence-corrected chi connectivity index (χ3v) is 2.51. The molecule has 1 nitrogen and oxygen atoms in total. The Morgan fingerprint density at radius 2 is 1.44 bits per heavy atom. The summed E-state index contributed by atoms with van der Waals surface area (Å²) < 4.78 is 5.87. The minimum Gasteiger partial charge on any atom is -0.457 e. The molecule has 2 aromatic carbocycles. The zero-order valence-corrected chi connectivity index (χ0v) is 9.68. The Balaban J connectivity index is 2.28. The summed E-state index contributed by atoms with van der Waals surface area (Å²) in [7, 11) is 0. The molecule has 0 saturated heterocycles.